The van der Waals surface area contributed by atoms with E-state index in [0.717, 1.165) is 16.8 Å². The summed E-state index contributed by atoms with van der Waals surface area (Å²) < 4.78 is 18.5. The smallest absolute Gasteiger partial charge is 0.390 e. The number of rotatable bonds is 5. The summed E-state index contributed by atoms with van der Waals surface area (Å²) in [7, 11) is 3.19. The van der Waals surface area contributed by atoms with E-state index in [4.69, 9.17) is 13.9 Å². The number of hydrogen-bond acceptors (Lipinski definition) is 4. The van der Waals surface area contributed by atoms with E-state index < -0.39 is 0 Å². The topological polar surface area (TPSA) is 55.7 Å². The van der Waals surface area contributed by atoms with Gasteiger partial charge in [0.05, 0.1) is 31.4 Å². The lowest BCUT2D eigenvalue weighted by Gasteiger charge is -2.07. The summed E-state index contributed by atoms with van der Waals surface area (Å²) in [5.74, 6) is 1.58. The second kappa shape index (κ2) is 7.48. The molecule has 0 saturated carbocycles. The summed E-state index contributed by atoms with van der Waals surface area (Å²) in [5.41, 5.74) is 3.02. The van der Waals surface area contributed by atoms with Gasteiger partial charge in [0.2, 0.25) is 5.69 Å². The third kappa shape index (κ3) is 3.07. The van der Waals surface area contributed by atoms with Crippen molar-refractivity contribution in [2.24, 2.45) is 0 Å². The van der Waals surface area contributed by atoms with Gasteiger partial charge in [0, 0.05) is 6.07 Å². The molecule has 0 spiro atoms. The zero-order valence-corrected chi connectivity index (χ0v) is 15.6. The molecule has 0 saturated heterocycles. The SMILES string of the molecule is COc1ccc(-[n+]2c(-c3ccccc3)oc(O)c2-c2ccccc2)cc1OC. The van der Waals surface area contributed by atoms with E-state index in [2.05, 4.69) is 0 Å². The minimum absolute atomic E-state index is 0.153. The molecule has 3 aromatic carbocycles. The van der Waals surface area contributed by atoms with Gasteiger partial charge in [0.25, 0.3) is 0 Å². The van der Waals surface area contributed by atoms with Crippen LogP contribution in [-0.4, -0.2) is 19.3 Å². The van der Waals surface area contributed by atoms with E-state index in [9.17, 15) is 5.11 Å². The van der Waals surface area contributed by atoms with Gasteiger partial charge in [-0.05, 0) is 30.3 Å². The largest absolute Gasteiger partial charge is 0.493 e. The number of benzene rings is 3. The maximum absolute atomic E-state index is 10.7. The van der Waals surface area contributed by atoms with Gasteiger partial charge in [0.1, 0.15) is 0 Å². The number of nitrogens with zero attached hydrogens (tertiary/aromatic N) is 1. The van der Waals surface area contributed by atoms with Gasteiger partial charge in [0.15, 0.2) is 11.5 Å². The van der Waals surface area contributed by atoms with Crippen molar-refractivity contribution >= 4 is 0 Å². The van der Waals surface area contributed by atoms with Crippen molar-refractivity contribution < 1.29 is 23.6 Å². The molecule has 0 aliphatic heterocycles. The molecule has 0 bridgehead atoms. The zero-order chi connectivity index (χ0) is 19.5. The molecule has 1 aromatic heterocycles. The minimum Gasteiger partial charge on any atom is -0.493 e. The van der Waals surface area contributed by atoms with Crippen LogP contribution in [0.3, 0.4) is 0 Å². The molecule has 5 heteroatoms. The molecule has 0 radical (unpaired) electrons. The standard InChI is InChI=1S/C23H19NO4/c1-26-19-14-13-18(15-20(19)27-2)24-21(16-9-5-3-6-10-16)23(25)28-22(24)17-11-7-4-8-12-17/h3-15H,1-2H3/p+1. The summed E-state index contributed by atoms with van der Waals surface area (Å²) >= 11 is 0. The quantitative estimate of drug-likeness (QED) is 0.518. The monoisotopic (exact) mass is 374 g/mol. The Morgan fingerprint density at radius 1 is 0.750 bits per heavy atom. The maximum atomic E-state index is 10.7. The minimum atomic E-state index is -0.153. The van der Waals surface area contributed by atoms with Crippen LogP contribution in [0.2, 0.25) is 0 Å². The Morgan fingerprint density at radius 2 is 1.36 bits per heavy atom. The Kier molecular flexibility index (Phi) is 4.72. The Bertz CT molecular complexity index is 1090. The number of oxazole rings is 1. The predicted octanol–water partition coefficient (Wildman–Crippen LogP) is 4.61. The highest BCUT2D eigenvalue weighted by atomic mass is 16.5. The van der Waals surface area contributed by atoms with Gasteiger partial charge < -0.3 is 19.0 Å². The second-order valence-corrected chi connectivity index (χ2v) is 6.17. The molecule has 28 heavy (non-hydrogen) atoms. The average Bonchev–Trinajstić information content (AvgIpc) is 3.11. The van der Waals surface area contributed by atoms with E-state index in [1.807, 2.05) is 83.4 Å². The van der Waals surface area contributed by atoms with Crippen LogP contribution in [-0.2, 0) is 0 Å². The number of hydrogen-bond donors (Lipinski definition) is 1. The van der Waals surface area contributed by atoms with Crippen LogP contribution in [0, 0.1) is 0 Å². The van der Waals surface area contributed by atoms with Crippen molar-refractivity contribution in [3.63, 3.8) is 0 Å². The lowest BCUT2D eigenvalue weighted by atomic mass is 10.1. The van der Waals surface area contributed by atoms with E-state index >= 15 is 0 Å². The molecule has 0 atom stereocenters. The fraction of sp³-hybridized carbons (Fsp3) is 0.0870. The fourth-order valence-electron chi connectivity index (χ4n) is 3.21. The molecule has 0 aliphatic rings. The lowest BCUT2D eigenvalue weighted by molar-refractivity contribution is -0.575. The van der Waals surface area contributed by atoms with E-state index in [0.29, 0.717) is 23.1 Å². The van der Waals surface area contributed by atoms with Crippen LogP contribution >= 0.6 is 0 Å². The van der Waals surface area contributed by atoms with Gasteiger partial charge >= 0.3 is 17.5 Å². The van der Waals surface area contributed by atoms with Crippen molar-refractivity contribution in [3.8, 4) is 45.8 Å². The lowest BCUT2D eigenvalue weighted by Crippen LogP contribution is -2.33. The van der Waals surface area contributed by atoms with Gasteiger partial charge in [-0.2, -0.15) is 0 Å². The van der Waals surface area contributed by atoms with Crippen molar-refractivity contribution in [2.45, 2.75) is 0 Å². The van der Waals surface area contributed by atoms with E-state index in [-0.39, 0.29) is 5.95 Å². The number of ether oxygens (including phenoxy) is 2. The summed E-state index contributed by atoms with van der Waals surface area (Å²) in [6.45, 7) is 0. The van der Waals surface area contributed by atoms with E-state index in [1.54, 1.807) is 14.2 Å². The summed E-state index contributed by atoms with van der Waals surface area (Å²) in [5, 5.41) is 10.7. The summed E-state index contributed by atoms with van der Waals surface area (Å²) in [4.78, 5) is 0. The molecule has 0 unspecified atom stereocenters. The molecule has 5 nitrogen and oxygen atoms in total. The first-order valence-corrected chi connectivity index (χ1v) is 8.84. The predicted molar refractivity (Wildman–Crippen MR) is 106 cm³/mol. The van der Waals surface area contributed by atoms with Gasteiger partial charge in [-0.1, -0.05) is 36.4 Å². The van der Waals surface area contributed by atoms with Crippen molar-refractivity contribution in [1.82, 2.24) is 0 Å². The van der Waals surface area contributed by atoms with Crippen molar-refractivity contribution in [2.75, 3.05) is 14.2 Å². The zero-order valence-electron chi connectivity index (χ0n) is 15.6. The van der Waals surface area contributed by atoms with Crippen molar-refractivity contribution in [3.05, 3.63) is 78.9 Å². The first-order chi connectivity index (χ1) is 13.7. The Balaban J connectivity index is 2.01. The number of aromatic nitrogens is 1. The molecule has 140 valence electrons. The van der Waals surface area contributed by atoms with Crippen LogP contribution in [0.5, 0.6) is 17.4 Å². The first kappa shape index (κ1) is 17.7. The fourth-order valence-corrected chi connectivity index (χ4v) is 3.21. The van der Waals surface area contributed by atoms with Gasteiger partial charge in [-0.3, -0.25) is 0 Å². The van der Waals surface area contributed by atoms with Crippen LogP contribution < -0.4 is 14.0 Å². The molecule has 4 rings (SSSR count). The first-order valence-electron chi connectivity index (χ1n) is 8.84. The Labute approximate surface area is 163 Å². The molecular formula is C23H20NO4+. The maximum Gasteiger partial charge on any atom is 0.390 e. The highest BCUT2D eigenvalue weighted by Crippen LogP contribution is 2.35. The summed E-state index contributed by atoms with van der Waals surface area (Å²) in [6, 6.07) is 24.9. The van der Waals surface area contributed by atoms with Gasteiger partial charge in [-0.15, -0.1) is 4.57 Å². The second-order valence-electron chi connectivity index (χ2n) is 6.17. The van der Waals surface area contributed by atoms with Crippen LogP contribution in [0.1, 0.15) is 0 Å². The van der Waals surface area contributed by atoms with E-state index in [1.165, 1.54) is 0 Å². The Hall–Kier alpha value is -3.73. The van der Waals surface area contributed by atoms with Crippen LogP contribution in [0.15, 0.2) is 83.3 Å². The molecule has 0 aliphatic carbocycles. The molecule has 1 N–H and O–H groups in total. The highest BCUT2D eigenvalue weighted by Gasteiger charge is 2.33. The molecule has 0 amide bonds. The number of aromatic hydroxyl groups is 1. The van der Waals surface area contributed by atoms with Crippen LogP contribution in [0.25, 0.3) is 28.4 Å². The summed E-state index contributed by atoms with van der Waals surface area (Å²) in [6.07, 6.45) is 0. The van der Waals surface area contributed by atoms with Gasteiger partial charge in [-0.25, -0.2) is 0 Å². The normalized spacial score (nSPS) is 10.6. The molecule has 1 heterocycles. The molecule has 4 aromatic rings. The Morgan fingerprint density at radius 3 is 1.96 bits per heavy atom. The molecular weight excluding hydrogens is 354 g/mol. The average molecular weight is 374 g/mol. The molecule has 0 fully saturated rings. The highest BCUT2D eigenvalue weighted by molar-refractivity contribution is 5.64. The van der Waals surface area contributed by atoms with Crippen molar-refractivity contribution in [1.29, 1.82) is 0 Å². The third-order valence-corrected chi connectivity index (χ3v) is 4.52. The number of methoxy groups -OCH3 is 2. The van der Waals surface area contributed by atoms with Crippen LogP contribution in [0.4, 0.5) is 0 Å². The third-order valence-electron chi connectivity index (χ3n) is 4.52.